The summed E-state index contributed by atoms with van der Waals surface area (Å²) in [6, 6.07) is 9.81. The van der Waals surface area contributed by atoms with Gasteiger partial charge in [0.1, 0.15) is 17.2 Å². The molecule has 1 unspecified atom stereocenters. The van der Waals surface area contributed by atoms with Gasteiger partial charge in [0, 0.05) is 52.4 Å². The Hall–Kier alpha value is -2.97. The number of carbonyl (C=O) groups is 2. The van der Waals surface area contributed by atoms with E-state index < -0.39 is 17.3 Å². The van der Waals surface area contributed by atoms with Crippen LogP contribution in [0.4, 0.5) is 10.2 Å². The van der Waals surface area contributed by atoms with Gasteiger partial charge >= 0.3 is 5.97 Å². The van der Waals surface area contributed by atoms with Crippen LogP contribution in [-0.4, -0.2) is 42.1 Å². The van der Waals surface area contributed by atoms with Crippen LogP contribution in [-0.2, 0) is 9.53 Å². The first-order valence-electron chi connectivity index (χ1n) is 12.9. The highest BCUT2D eigenvalue weighted by Crippen LogP contribution is 2.32. The first kappa shape index (κ1) is 29.0. The average Bonchev–Trinajstić information content (AvgIpc) is 3.39. The van der Waals surface area contributed by atoms with E-state index in [0.29, 0.717) is 28.1 Å². The normalized spacial score (nSPS) is 14.1. The van der Waals surface area contributed by atoms with Crippen molar-refractivity contribution in [2.24, 2.45) is 0 Å². The third-order valence-corrected chi connectivity index (χ3v) is 7.37. The van der Waals surface area contributed by atoms with Crippen LogP contribution >= 0.6 is 27.5 Å². The first-order valence-corrected chi connectivity index (χ1v) is 14.0. The van der Waals surface area contributed by atoms with Crippen LogP contribution in [0.3, 0.4) is 0 Å². The average molecular weight is 617 g/mol. The molecule has 1 aromatic heterocycles. The number of amides is 1. The maximum atomic E-state index is 14.2. The zero-order valence-corrected chi connectivity index (χ0v) is 24.8. The molecule has 2 heterocycles. The van der Waals surface area contributed by atoms with Crippen molar-refractivity contribution in [2.75, 3.05) is 24.5 Å². The maximum absolute atomic E-state index is 14.2. The molecule has 206 valence electrons. The lowest BCUT2D eigenvalue weighted by Gasteiger charge is -2.24. The van der Waals surface area contributed by atoms with Crippen molar-refractivity contribution < 1.29 is 18.7 Å². The minimum Gasteiger partial charge on any atom is -0.460 e. The second-order valence-electron chi connectivity index (χ2n) is 10.7. The predicted octanol–water partition coefficient (Wildman–Crippen LogP) is 7.11. The van der Waals surface area contributed by atoms with Gasteiger partial charge in [-0.15, -0.1) is 0 Å². The number of halogens is 3. The lowest BCUT2D eigenvalue weighted by atomic mass is 9.93. The molecule has 0 saturated heterocycles. The molecule has 0 fully saturated rings. The molecule has 2 aromatic carbocycles. The molecular formula is C30H32BrClFN3O3. The van der Waals surface area contributed by atoms with Gasteiger partial charge in [0.05, 0.1) is 11.1 Å². The van der Waals surface area contributed by atoms with Crippen LogP contribution < -0.4 is 10.2 Å². The zero-order chi connectivity index (χ0) is 28.3. The number of benzene rings is 2. The minimum absolute atomic E-state index is 0.0981. The molecule has 3 aromatic rings. The minimum atomic E-state index is -0.617. The molecule has 0 bridgehead atoms. The largest absolute Gasteiger partial charge is 0.460 e. The fraction of sp³-hybridized carbons (Fsp3) is 0.367. The molecule has 0 aliphatic carbocycles. The molecule has 0 saturated carbocycles. The summed E-state index contributed by atoms with van der Waals surface area (Å²) in [6.45, 7) is 8.92. The molecule has 0 radical (unpaired) electrons. The van der Waals surface area contributed by atoms with Crippen molar-refractivity contribution in [1.82, 2.24) is 10.3 Å². The summed E-state index contributed by atoms with van der Waals surface area (Å²) in [7, 11) is 0. The van der Waals surface area contributed by atoms with Crippen molar-refractivity contribution >= 4 is 56.1 Å². The van der Waals surface area contributed by atoms with Gasteiger partial charge in [-0.2, -0.15) is 0 Å². The number of esters is 1. The Kier molecular flexibility index (Phi) is 8.96. The van der Waals surface area contributed by atoms with Crippen LogP contribution in [0.1, 0.15) is 61.0 Å². The Morgan fingerprint density at radius 1 is 1.18 bits per heavy atom. The highest BCUT2D eigenvalue weighted by Gasteiger charge is 2.25. The van der Waals surface area contributed by atoms with E-state index in [4.69, 9.17) is 21.3 Å². The van der Waals surface area contributed by atoms with Crippen molar-refractivity contribution in [1.29, 1.82) is 0 Å². The molecule has 6 nitrogen and oxygen atoms in total. The zero-order valence-electron chi connectivity index (χ0n) is 22.5. The smallest absolute Gasteiger partial charge is 0.306 e. The molecule has 9 heteroatoms. The molecule has 1 aliphatic heterocycles. The molecule has 1 N–H and O–H groups in total. The fourth-order valence-electron chi connectivity index (χ4n) is 4.75. The number of rotatable bonds is 8. The number of anilines is 1. The van der Waals surface area contributed by atoms with E-state index >= 15 is 0 Å². The lowest BCUT2D eigenvalue weighted by Crippen LogP contribution is -2.31. The summed E-state index contributed by atoms with van der Waals surface area (Å²) in [5.41, 5.74) is 1.93. The van der Waals surface area contributed by atoms with E-state index in [-0.39, 0.29) is 24.8 Å². The molecule has 1 amide bonds. The third kappa shape index (κ3) is 7.17. The number of nitrogens with one attached hydrogen (secondary N) is 1. The number of nitrogens with zero attached hydrogens (tertiary/aromatic N) is 2. The van der Waals surface area contributed by atoms with E-state index in [9.17, 15) is 14.0 Å². The second kappa shape index (κ2) is 12.0. The van der Waals surface area contributed by atoms with Gasteiger partial charge in [0.15, 0.2) is 0 Å². The van der Waals surface area contributed by atoms with E-state index in [1.54, 1.807) is 20.8 Å². The van der Waals surface area contributed by atoms with E-state index in [1.165, 1.54) is 18.2 Å². The van der Waals surface area contributed by atoms with Gasteiger partial charge in [-0.1, -0.05) is 39.7 Å². The van der Waals surface area contributed by atoms with Gasteiger partial charge in [-0.05, 0) is 76.1 Å². The van der Waals surface area contributed by atoms with Crippen LogP contribution in [0.25, 0.3) is 10.9 Å². The van der Waals surface area contributed by atoms with Gasteiger partial charge < -0.3 is 15.0 Å². The second-order valence-corrected chi connectivity index (χ2v) is 12.0. The maximum Gasteiger partial charge on any atom is 0.306 e. The predicted molar refractivity (Wildman–Crippen MR) is 157 cm³/mol. The summed E-state index contributed by atoms with van der Waals surface area (Å²) in [4.78, 5) is 33.2. The quantitative estimate of drug-likeness (QED) is 0.216. The summed E-state index contributed by atoms with van der Waals surface area (Å²) in [5.74, 6) is -0.730. The van der Waals surface area contributed by atoms with Crippen molar-refractivity contribution in [3.63, 3.8) is 0 Å². The Morgan fingerprint density at radius 3 is 2.59 bits per heavy atom. The Bertz CT molecular complexity index is 1430. The Morgan fingerprint density at radius 2 is 1.90 bits per heavy atom. The highest BCUT2D eigenvalue weighted by molar-refractivity contribution is 9.10. The van der Waals surface area contributed by atoms with E-state index in [1.807, 2.05) is 25.1 Å². The van der Waals surface area contributed by atoms with Crippen LogP contribution in [0, 0.1) is 12.7 Å². The van der Waals surface area contributed by atoms with Gasteiger partial charge in [-0.3, -0.25) is 9.59 Å². The summed E-state index contributed by atoms with van der Waals surface area (Å²) >= 11 is 9.95. The monoisotopic (exact) mass is 615 g/mol. The fourth-order valence-corrected chi connectivity index (χ4v) is 5.39. The van der Waals surface area contributed by atoms with Gasteiger partial charge in [0.2, 0.25) is 0 Å². The van der Waals surface area contributed by atoms with Gasteiger partial charge in [0.25, 0.3) is 5.91 Å². The van der Waals surface area contributed by atoms with Crippen molar-refractivity contribution in [2.45, 2.75) is 52.1 Å². The number of pyridine rings is 1. The summed E-state index contributed by atoms with van der Waals surface area (Å²) in [5, 5.41) is 4.14. The number of carbonyl (C=O) groups excluding carboxylic acids is 2. The number of hydrogen-bond acceptors (Lipinski definition) is 5. The highest BCUT2D eigenvalue weighted by atomic mass is 79.9. The van der Waals surface area contributed by atoms with Gasteiger partial charge in [-0.25, -0.2) is 9.37 Å². The number of hydrogen-bond donors (Lipinski definition) is 1. The Labute approximate surface area is 241 Å². The SMILES string of the molecule is Cc1c(N2CC=CC2)nc2ccc(Br)cc2c1C(=O)NCC(CCC(=O)OC(C)(C)C)c1cc(F)ccc1Cl. The van der Waals surface area contributed by atoms with E-state index in [0.717, 1.165) is 34.3 Å². The van der Waals surface area contributed by atoms with Crippen LogP contribution in [0.5, 0.6) is 0 Å². The number of ether oxygens (including phenoxy) is 1. The third-order valence-electron chi connectivity index (χ3n) is 6.53. The Balaban J connectivity index is 1.63. The molecule has 1 atom stereocenters. The molecule has 0 spiro atoms. The molecule has 4 rings (SSSR count). The summed E-state index contributed by atoms with van der Waals surface area (Å²) in [6.07, 6.45) is 4.57. The molecule has 39 heavy (non-hydrogen) atoms. The van der Waals surface area contributed by atoms with Crippen LogP contribution in [0.15, 0.2) is 53.0 Å². The van der Waals surface area contributed by atoms with Crippen molar-refractivity contribution in [3.8, 4) is 0 Å². The van der Waals surface area contributed by atoms with E-state index in [2.05, 4.69) is 38.3 Å². The summed E-state index contributed by atoms with van der Waals surface area (Å²) < 4.78 is 20.5. The molecular weight excluding hydrogens is 585 g/mol. The van der Waals surface area contributed by atoms with Crippen molar-refractivity contribution in [3.05, 3.63) is 80.6 Å². The topological polar surface area (TPSA) is 71.5 Å². The lowest BCUT2D eigenvalue weighted by molar-refractivity contribution is -0.155. The number of aromatic nitrogens is 1. The number of fused-ring (bicyclic) bond motifs is 1. The van der Waals surface area contributed by atoms with Crippen LogP contribution in [0.2, 0.25) is 5.02 Å². The standard InChI is InChI=1S/C30H32BrClFN3O3/c1-18-27(23-15-20(31)8-11-25(23)35-28(18)36-13-5-6-14-36)29(38)34-17-19(7-12-26(37)39-30(2,3)4)22-16-21(33)9-10-24(22)32/h5-6,8-11,15-16,19H,7,12-14,17H2,1-4H3,(H,34,38). The first-order chi connectivity index (χ1) is 18.4. The molecule has 1 aliphatic rings.